The van der Waals surface area contributed by atoms with E-state index in [1.807, 2.05) is 6.92 Å². The Kier molecular flexibility index (Phi) is 3.47. The number of hydrogen-bond donors (Lipinski definition) is 1. The number of benzene rings is 1. The van der Waals surface area contributed by atoms with Crippen molar-refractivity contribution in [1.29, 1.82) is 0 Å². The smallest absolute Gasteiger partial charge is 0.245 e. The van der Waals surface area contributed by atoms with Crippen LogP contribution in [0, 0.1) is 0 Å². The lowest BCUT2D eigenvalue weighted by Gasteiger charge is -2.21. The van der Waals surface area contributed by atoms with Crippen LogP contribution in [-0.2, 0) is 10.0 Å². The van der Waals surface area contributed by atoms with Gasteiger partial charge in [-0.05, 0) is 38.0 Å². The molecule has 0 saturated carbocycles. The number of halogens is 1. The number of anilines is 1. The summed E-state index contributed by atoms with van der Waals surface area (Å²) in [7, 11) is -3.46. The minimum Gasteiger partial charge on any atom is -0.398 e. The van der Waals surface area contributed by atoms with Gasteiger partial charge in [0.1, 0.15) is 4.90 Å². The average molecular weight is 319 g/mol. The molecule has 1 atom stereocenters. The molecule has 0 bridgehead atoms. The molecule has 1 aliphatic heterocycles. The van der Waals surface area contributed by atoms with Crippen LogP contribution in [0.4, 0.5) is 5.69 Å². The topological polar surface area (TPSA) is 63.4 Å². The molecule has 17 heavy (non-hydrogen) atoms. The minimum atomic E-state index is -3.46. The van der Waals surface area contributed by atoms with Crippen LogP contribution in [0.25, 0.3) is 0 Å². The predicted octanol–water partition coefficient (Wildman–Crippen LogP) is 2.20. The predicted molar refractivity (Wildman–Crippen MR) is 71.1 cm³/mol. The second-order valence-corrected chi connectivity index (χ2v) is 7.06. The highest BCUT2D eigenvalue weighted by Crippen LogP contribution is 2.30. The Morgan fingerprint density at radius 3 is 2.76 bits per heavy atom. The molecule has 0 spiro atoms. The summed E-state index contributed by atoms with van der Waals surface area (Å²) in [6.45, 7) is 2.51. The van der Waals surface area contributed by atoms with Gasteiger partial charge in [0, 0.05) is 17.1 Å². The van der Waals surface area contributed by atoms with Crippen LogP contribution in [0.2, 0.25) is 0 Å². The molecule has 1 unspecified atom stereocenters. The van der Waals surface area contributed by atoms with Crippen molar-refractivity contribution >= 4 is 31.6 Å². The van der Waals surface area contributed by atoms with Crippen LogP contribution >= 0.6 is 15.9 Å². The SMILES string of the molecule is CC1CCCN1S(=O)(=O)c1cc(Br)ccc1N. The zero-order valence-electron chi connectivity index (χ0n) is 9.56. The molecule has 1 fully saturated rings. The first kappa shape index (κ1) is 12.9. The van der Waals surface area contributed by atoms with Crippen molar-refractivity contribution < 1.29 is 8.42 Å². The summed E-state index contributed by atoms with van der Waals surface area (Å²) in [4.78, 5) is 0.195. The summed E-state index contributed by atoms with van der Waals surface area (Å²) in [6, 6.07) is 4.97. The molecule has 6 heteroatoms. The first-order valence-corrected chi connectivity index (χ1v) is 7.73. The molecule has 0 aliphatic carbocycles. The maximum atomic E-state index is 12.4. The molecular weight excluding hydrogens is 304 g/mol. The van der Waals surface area contributed by atoms with Gasteiger partial charge in [0.25, 0.3) is 0 Å². The number of nitrogens with two attached hydrogens (primary N) is 1. The highest BCUT2D eigenvalue weighted by Gasteiger charge is 2.33. The molecule has 4 nitrogen and oxygen atoms in total. The fourth-order valence-corrected chi connectivity index (χ4v) is 4.48. The molecule has 1 saturated heterocycles. The third-order valence-electron chi connectivity index (χ3n) is 3.05. The molecule has 1 aromatic carbocycles. The fraction of sp³-hybridized carbons (Fsp3) is 0.455. The standard InChI is InChI=1S/C11H15BrN2O2S/c1-8-3-2-6-14(8)17(15,16)11-7-9(12)4-5-10(11)13/h4-5,7-8H,2-3,6,13H2,1H3. The fourth-order valence-electron chi connectivity index (χ4n) is 2.12. The summed E-state index contributed by atoms with van der Waals surface area (Å²) < 4.78 is 27.1. The van der Waals surface area contributed by atoms with Crippen LogP contribution in [0.5, 0.6) is 0 Å². The maximum Gasteiger partial charge on any atom is 0.245 e. The molecule has 94 valence electrons. The first-order valence-electron chi connectivity index (χ1n) is 5.50. The Hall–Kier alpha value is -0.590. The monoisotopic (exact) mass is 318 g/mol. The lowest BCUT2D eigenvalue weighted by Crippen LogP contribution is -2.34. The normalized spacial score (nSPS) is 21.9. The lowest BCUT2D eigenvalue weighted by atomic mass is 10.3. The second kappa shape index (κ2) is 4.59. The second-order valence-electron chi connectivity index (χ2n) is 4.29. The zero-order valence-corrected chi connectivity index (χ0v) is 12.0. The van der Waals surface area contributed by atoms with Crippen molar-refractivity contribution in [2.75, 3.05) is 12.3 Å². The van der Waals surface area contributed by atoms with Gasteiger partial charge < -0.3 is 5.73 Å². The van der Waals surface area contributed by atoms with E-state index in [9.17, 15) is 8.42 Å². The molecule has 1 aliphatic rings. The number of nitrogens with zero attached hydrogens (tertiary/aromatic N) is 1. The summed E-state index contributed by atoms with van der Waals surface area (Å²) in [5.74, 6) is 0. The molecule has 2 N–H and O–H groups in total. The molecule has 0 radical (unpaired) electrons. The van der Waals surface area contributed by atoms with Crippen LogP contribution in [0.15, 0.2) is 27.6 Å². The van der Waals surface area contributed by atoms with Crippen molar-refractivity contribution in [2.45, 2.75) is 30.7 Å². The number of sulfonamides is 1. The Morgan fingerprint density at radius 2 is 2.18 bits per heavy atom. The average Bonchev–Trinajstić information content (AvgIpc) is 2.68. The van der Waals surface area contributed by atoms with Gasteiger partial charge in [-0.3, -0.25) is 0 Å². The van der Waals surface area contributed by atoms with E-state index in [2.05, 4.69) is 15.9 Å². The van der Waals surface area contributed by atoms with Gasteiger partial charge in [0.05, 0.1) is 5.69 Å². The molecule has 0 aromatic heterocycles. The Morgan fingerprint density at radius 1 is 1.47 bits per heavy atom. The van der Waals surface area contributed by atoms with E-state index in [0.717, 1.165) is 17.3 Å². The van der Waals surface area contributed by atoms with Gasteiger partial charge in [-0.15, -0.1) is 0 Å². The van der Waals surface area contributed by atoms with E-state index < -0.39 is 10.0 Å². The van der Waals surface area contributed by atoms with Crippen LogP contribution in [0.3, 0.4) is 0 Å². The zero-order chi connectivity index (χ0) is 12.6. The first-order chi connectivity index (χ1) is 7.93. The minimum absolute atomic E-state index is 0.0541. The van der Waals surface area contributed by atoms with E-state index in [4.69, 9.17) is 5.73 Å². The number of rotatable bonds is 2. The van der Waals surface area contributed by atoms with E-state index >= 15 is 0 Å². The highest BCUT2D eigenvalue weighted by atomic mass is 79.9. The summed E-state index contributed by atoms with van der Waals surface area (Å²) in [5, 5.41) is 0. The summed E-state index contributed by atoms with van der Waals surface area (Å²) in [5.41, 5.74) is 6.06. The van der Waals surface area contributed by atoms with Gasteiger partial charge in [-0.1, -0.05) is 15.9 Å². The molecular formula is C11H15BrN2O2S. The Balaban J connectivity index is 2.48. The highest BCUT2D eigenvalue weighted by molar-refractivity contribution is 9.10. The largest absolute Gasteiger partial charge is 0.398 e. The number of nitrogen functional groups attached to an aromatic ring is 1. The van der Waals surface area contributed by atoms with Gasteiger partial charge in [-0.25, -0.2) is 8.42 Å². The maximum absolute atomic E-state index is 12.4. The third-order valence-corrected chi connectivity index (χ3v) is 5.62. The van der Waals surface area contributed by atoms with Gasteiger partial charge >= 0.3 is 0 Å². The van der Waals surface area contributed by atoms with Crippen LogP contribution in [0.1, 0.15) is 19.8 Å². The molecule has 0 amide bonds. The van der Waals surface area contributed by atoms with E-state index in [1.54, 1.807) is 18.2 Å². The van der Waals surface area contributed by atoms with E-state index in [1.165, 1.54) is 4.31 Å². The Bertz CT molecular complexity index is 530. The van der Waals surface area contributed by atoms with Crippen molar-refractivity contribution in [3.05, 3.63) is 22.7 Å². The van der Waals surface area contributed by atoms with E-state index in [-0.39, 0.29) is 10.9 Å². The van der Waals surface area contributed by atoms with Gasteiger partial charge in [-0.2, -0.15) is 4.31 Å². The summed E-state index contributed by atoms with van der Waals surface area (Å²) in [6.07, 6.45) is 1.82. The quantitative estimate of drug-likeness (QED) is 0.850. The van der Waals surface area contributed by atoms with Crippen LogP contribution < -0.4 is 5.73 Å². The number of hydrogen-bond acceptors (Lipinski definition) is 3. The van der Waals surface area contributed by atoms with Crippen molar-refractivity contribution in [3.8, 4) is 0 Å². The summed E-state index contributed by atoms with van der Waals surface area (Å²) >= 11 is 3.27. The molecule has 1 heterocycles. The molecule has 1 aromatic rings. The third kappa shape index (κ3) is 2.34. The van der Waals surface area contributed by atoms with Crippen molar-refractivity contribution in [3.63, 3.8) is 0 Å². The van der Waals surface area contributed by atoms with Gasteiger partial charge in [0.2, 0.25) is 10.0 Å². The molecule has 2 rings (SSSR count). The van der Waals surface area contributed by atoms with E-state index in [0.29, 0.717) is 12.2 Å². The van der Waals surface area contributed by atoms with Crippen molar-refractivity contribution in [1.82, 2.24) is 4.31 Å². The van der Waals surface area contributed by atoms with Crippen molar-refractivity contribution in [2.24, 2.45) is 0 Å². The lowest BCUT2D eigenvalue weighted by molar-refractivity contribution is 0.408. The van der Waals surface area contributed by atoms with Crippen LogP contribution in [-0.4, -0.2) is 25.3 Å². The Labute approximate surface area is 110 Å². The van der Waals surface area contributed by atoms with Gasteiger partial charge in [0.15, 0.2) is 0 Å².